The summed E-state index contributed by atoms with van der Waals surface area (Å²) in [6.07, 6.45) is 14.0. The molecule has 10 atom stereocenters. The molecule has 6 aliphatic carbocycles. The van der Waals surface area contributed by atoms with Crippen LogP contribution in [0.15, 0.2) is 0 Å². The Labute approximate surface area is 146 Å². The first-order valence-corrected chi connectivity index (χ1v) is 10.6. The van der Waals surface area contributed by atoms with Crippen LogP contribution in [-0.2, 0) is 0 Å². The molecule has 2 heteroatoms. The number of fused-ring (bicyclic) bond motifs is 2. The van der Waals surface area contributed by atoms with Gasteiger partial charge in [0.2, 0.25) is 0 Å². The van der Waals surface area contributed by atoms with E-state index in [1.54, 1.807) is 0 Å². The largest absolute Gasteiger partial charge is 0.198 e. The van der Waals surface area contributed by atoms with E-state index < -0.39 is 0 Å². The lowest BCUT2D eigenvalue weighted by molar-refractivity contribution is -0.167. The number of nitriles is 2. The molecule has 2 bridgehead atoms. The highest BCUT2D eigenvalue weighted by Crippen LogP contribution is 2.67. The summed E-state index contributed by atoms with van der Waals surface area (Å²) in [5.74, 6) is 6.21. The molecule has 24 heavy (non-hydrogen) atoms. The van der Waals surface area contributed by atoms with Crippen LogP contribution < -0.4 is 0 Å². The molecular formula is C22H30N2. The normalized spacial score (nSPS) is 55.4. The zero-order valence-electron chi connectivity index (χ0n) is 14.7. The monoisotopic (exact) mass is 322 g/mol. The molecule has 0 aromatic heterocycles. The molecule has 6 saturated carbocycles. The topological polar surface area (TPSA) is 47.6 Å². The average molecular weight is 322 g/mol. The Morgan fingerprint density at radius 1 is 0.542 bits per heavy atom. The first-order valence-electron chi connectivity index (χ1n) is 10.6. The van der Waals surface area contributed by atoms with Crippen molar-refractivity contribution in [2.75, 3.05) is 0 Å². The van der Waals surface area contributed by atoms with Crippen molar-refractivity contribution in [2.24, 2.45) is 59.2 Å². The summed E-state index contributed by atoms with van der Waals surface area (Å²) in [6, 6.07) is 5.30. The summed E-state index contributed by atoms with van der Waals surface area (Å²) in [5.41, 5.74) is 0. The van der Waals surface area contributed by atoms with Crippen LogP contribution in [0.2, 0.25) is 0 Å². The van der Waals surface area contributed by atoms with Crippen molar-refractivity contribution < 1.29 is 0 Å². The number of hydrogen-bond donors (Lipinski definition) is 0. The van der Waals surface area contributed by atoms with E-state index in [-0.39, 0.29) is 11.8 Å². The molecule has 6 aliphatic rings. The number of nitrogens with zero attached hydrogens (tertiary/aromatic N) is 2. The third kappa shape index (κ3) is 1.98. The molecule has 128 valence electrons. The zero-order valence-corrected chi connectivity index (χ0v) is 14.7. The predicted octanol–water partition coefficient (Wildman–Crippen LogP) is 5.16. The Balaban J connectivity index is 1.54. The second kappa shape index (κ2) is 5.76. The highest BCUT2D eigenvalue weighted by molar-refractivity contribution is 5.19. The lowest BCUT2D eigenvalue weighted by Crippen LogP contribution is -2.61. The maximum absolute atomic E-state index is 9.93. The molecule has 0 aliphatic heterocycles. The minimum Gasteiger partial charge on any atom is -0.198 e. The van der Waals surface area contributed by atoms with E-state index in [2.05, 4.69) is 12.1 Å². The van der Waals surface area contributed by atoms with E-state index in [9.17, 15) is 10.5 Å². The van der Waals surface area contributed by atoms with Crippen LogP contribution in [0, 0.1) is 81.8 Å². The minimum atomic E-state index is 0.0424. The Hall–Kier alpha value is -1.02. The van der Waals surface area contributed by atoms with Gasteiger partial charge in [-0.2, -0.15) is 10.5 Å². The van der Waals surface area contributed by atoms with Crippen molar-refractivity contribution in [1.82, 2.24) is 0 Å². The van der Waals surface area contributed by atoms with Crippen molar-refractivity contribution >= 4 is 0 Å². The molecular weight excluding hydrogens is 292 g/mol. The van der Waals surface area contributed by atoms with E-state index in [0.29, 0.717) is 11.8 Å². The molecule has 0 aromatic rings. The highest BCUT2D eigenvalue weighted by atomic mass is 14.7. The fourth-order valence-electron chi connectivity index (χ4n) is 8.49. The van der Waals surface area contributed by atoms with Crippen LogP contribution >= 0.6 is 0 Å². The van der Waals surface area contributed by atoms with Gasteiger partial charge in [-0.05, 0) is 73.0 Å². The number of hydrogen-bond acceptors (Lipinski definition) is 2. The Kier molecular flexibility index (Phi) is 3.66. The molecule has 2 nitrogen and oxygen atoms in total. The van der Waals surface area contributed by atoms with Crippen molar-refractivity contribution in [3.63, 3.8) is 0 Å². The van der Waals surface area contributed by atoms with Gasteiger partial charge >= 0.3 is 0 Å². The lowest BCUT2D eigenvalue weighted by atomic mass is 9.38. The molecule has 0 heterocycles. The maximum Gasteiger partial charge on any atom is 0.0672 e. The van der Waals surface area contributed by atoms with Gasteiger partial charge in [-0.3, -0.25) is 0 Å². The summed E-state index contributed by atoms with van der Waals surface area (Å²) in [5, 5.41) is 19.9. The van der Waals surface area contributed by atoms with Crippen molar-refractivity contribution in [1.29, 1.82) is 10.5 Å². The lowest BCUT2D eigenvalue weighted by Gasteiger charge is -2.65. The molecule has 0 spiro atoms. The van der Waals surface area contributed by atoms with E-state index >= 15 is 0 Å². The summed E-state index contributed by atoms with van der Waals surface area (Å²) >= 11 is 0. The van der Waals surface area contributed by atoms with Crippen LogP contribution in [0.25, 0.3) is 0 Å². The quantitative estimate of drug-likeness (QED) is 0.618. The van der Waals surface area contributed by atoms with E-state index in [1.807, 2.05) is 0 Å². The van der Waals surface area contributed by atoms with Crippen molar-refractivity contribution in [3.8, 4) is 12.1 Å². The molecule has 0 saturated heterocycles. The molecule has 0 aromatic carbocycles. The third-order valence-corrected chi connectivity index (χ3v) is 9.13. The van der Waals surface area contributed by atoms with E-state index in [1.165, 1.54) is 64.2 Å². The molecule has 0 amide bonds. The fraction of sp³-hybridized carbons (Fsp3) is 0.909. The standard InChI is InChI=1S/C22H30N2/c23-11-19-20(12-24)22-16-8-4-3-7-15(16)21(19)17-9-13-5-1-2-6-14(13)10-18(17)22/h13-22H,1-10H2. The van der Waals surface area contributed by atoms with E-state index in [0.717, 1.165) is 35.5 Å². The summed E-state index contributed by atoms with van der Waals surface area (Å²) in [4.78, 5) is 0. The van der Waals surface area contributed by atoms with Gasteiger partial charge in [0, 0.05) is 0 Å². The fourth-order valence-corrected chi connectivity index (χ4v) is 8.49. The maximum atomic E-state index is 9.93. The molecule has 6 rings (SSSR count). The molecule has 10 unspecified atom stereocenters. The van der Waals surface area contributed by atoms with Gasteiger partial charge in [0.25, 0.3) is 0 Å². The molecule has 6 fully saturated rings. The SMILES string of the molecule is N#CC1C(C#N)C2C3CCCCC3C1C1CC3CCCCC3CC12. The summed E-state index contributed by atoms with van der Waals surface area (Å²) in [6.45, 7) is 0. The Bertz CT molecular complexity index is 532. The minimum absolute atomic E-state index is 0.0424. The molecule has 0 radical (unpaired) electrons. The summed E-state index contributed by atoms with van der Waals surface area (Å²) in [7, 11) is 0. The highest BCUT2D eigenvalue weighted by Gasteiger charge is 2.63. The van der Waals surface area contributed by atoms with E-state index in [4.69, 9.17) is 0 Å². The van der Waals surface area contributed by atoms with Gasteiger partial charge < -0.3 is 0 Å². The van der Waals surface area contributed by atoms with Gasteiger partial charge in [-0.15, -0.1) is 0 Å². The van der Waals surface area contributed by atoms with Gasteiger partial charge in [0.1, 0.15) is 0 Å². The van der Waals surface area contributed by atoms with Crippen LogP contribution in [0.5, 0.6) is 0 Å². The van der Waals surface area contributed by atoms with Crippen LogP contribution in [0.3, 0.4) is 0 Å². The van der Waals surface area contributed by atoms with Crippen molar-refractivity contribution in [2.45, 2.75) is 64.2 Å². The number of rotatable bonds is 0. The van der Waals surface area contributed by atoms with Gasteiger partial charge in [0.15, 0.2) is 0 Å². The first-order chi connectivity index (χ1) is 11.8. The molecule has 0 N–H and O–H groups in total. The van der Waals surface area contributed by atoms with Crippen LogP contribution in [-0.4, -0.2) is 0 Å². The Morgan fingerprint density at radius 3 is 1.38 bits per heavy atom. The average Bonchev–Trinajstić information content (AvgIpc) is 2.65. The van der Waals surface area contributed by atoms with Crippen molar-refractivity contribution in [3.05, 3.63) is 0 Å². The summed E-state index contributed by atoms with van der Waals surface area (Å²) < 4.78 is 0. The van der Waals surface area contributed by atoms with Crippen LogP contribution in [0.4, 0.5) is 0 Å². The van der Waals surface area contributed by atoms with Crippen LogP contribution in [0.1, 0.15) is 64.2 Å². The third-order valence-electron chi connectivity index (χ3n) is 9.13. The second-order valence-corrected chi connectivity index (χ2v) is 9.68. The smallest absolute Gasteiger partial charge is 0.0672 e. The second-order valence-electron chi connectivity index (χ2n) is 9.68. The zero-order chi connectivity index (χ0) is 16.3. The van der Waals surface area contributed by atoms with Gasteiger partial charge in [-0.1, -0.05) is 38.5 Å². The van der Waals surface area contributed by atoms with Gasteiger partial charge in [0.05, 0.1) is 24.0 Å². The Morgan fingerprint density at radius 2 is 0.958 bits per heavy atom. The van der Waals surface area contributed by atoms with Gasteiger partial charge in [-0.25, -0.2) is 0 Å². The first kappa shape index (κ1) is 15.3. The predicted molar refractivity (Wildman–Crippen MR) is 92.3 cm³/mol.